The summed E-state index contributed by atoms with van der Waals surface area (Å²) in [5.74, 6) is 2.68. The largest absolute Gasteiger partial charge is 0.493 e. The first-order chi connectivity index (χ1) is 18.0. The first-order valence-corrected chi connectivity index (χ1v) is 12.7. The van der Waals surface area contributed by atoms with E-state index in [1.165, 1.54) is 6.34 Å². The van der Waals surface area contributed by atoms with Crippen LogP contribution in [0.1, 0.15) is 19.7 Å². The molecule has 2 unspecified atom stereocenters. The van der Waals surface area contributed by atoms with Gasteiger partial charge in [-0.1, -0.05) is 13.8 Å². The number of likely N-dealkylation sites (N-methyl/N-ethyl adjacent to an activating group) is 1. The van der Waals surface area contributed by atoms with Crippen molar-refractivity contribution in [1.29, 1.82) is 0 Å². The van der Waals surface area contributed by atoms with E-state index in [9.17, 15) is 0 Å². The molecule has 12 nitrogen and oxygen atoms in total. The van der Waals surface area contributed by atoms with Crippen molar-refractivity contribution >= 4 is 24.1 Å². The summed E-state index contributed by atoms with van der Waals surface area (Å²) in [7, 11) is 5.39. The van der Waals surface area contributed by atoms with Crippen molar-refractivity contribution < 1.29 is 18.9 Å². The maximum absolute atomic E-state index is 6.04. The van der Waals surface area contributed by atoms with Gasteiger partial charge in [0.1, 0.15) is 24.3 Å². The van der Waals surface area contributed by atoms with Crippen LogP contribution >= 0.6 is 0 Å². The van der Waals surface area contributed by atoms with E-state index in [-0.39, 0.29) is 5.92 Å². The van der Waals surface area contributed by atoms with Gasteiger partial charge in [-0.15, -0.1) is 0 Å². The fraction of sp³-hybridized carbons (Fsp3) is 0.640. The summed E-state index contributed by atoms with van der Waals surface area (Å²) in [6, 6.07) is 0. The minimum Gasteiger partial charge on any atom is -0.493 e. The molecule has 12 heteroatoms. The minimum absolute atomic E-state index is 0.0631. The van der Waals surface area contributed by atoms with E-state index in [2.05, 4.69) is 36.8 Å². The van der Waals surface area contributed by atoms with E-state index < -0.39 is 6.10 Å². The Morgan fingerprint density at radius 3 is 2.46 bits per heavy atom. The van der Waals surface area contributed by atoms with Gasteiger partial charge in [0.15, 0.2) is 5.84 Å². The number of ether oxygens (including phenoxy) is 4. The number of anilines is 1. The number of aryl methyl sites for hydroxylation is 1. The first kappa shape index (κ1) is 28.6. The third kappa shape index (κ3) is 8.29. The van der Waals surface area contributed by atoms with Gasteiger partial charge in [0.25, 0.3) is 5.95 Å². The molecular formula is C25H40N8O4. The molecule has 0 aromatic carbocycles. The molecule has 0 bridgehead atoms. The Bertz CT molecular complexity index is 989. The summed E-state index contributed by atoms with van der Waals surface area (Å²) in [4.78, 5) is 27.4. The molecule has 0 amide bonds. The van der Waals surface area contributed by atoms with Crippen LogP contribution in [0.3, 0.4) is 0 Å². The number of aromatic nitrogens is 3. The maximum atomic E-state index is 6.04. The van der Waals surface area contributed by atoms with Crippen molar-refractivity contribution in [1.82, 2.24) is 19.9 Å². The molecule has 37 heavy (non-hydrogen) atoms. The quantitative estimate of drug-likeness (QED) is 0.247. The number of hydrogen-bond acceptors (Lipinski definition) is 10. The van der Waals surface area contributed by atoms with Crippen LogP contribution in [0.15, 0.2) is 33.5 Å². The lowest BCUT2D eigenvalue weighted by Crippen LogP contribution is -2.45. The zero-order valence-electron chi connectivity index (χ0n) is 22.6. The highest BCUT2D eigenvalue weighted by Gasteiger charge is 2.27. The van der Waals surface area contributed by atoms with E-state index in [1.807, 2.05) is 26.0 Å². The van der Waals surface area contributed by atoms with Crippen LogP contribution in [0, 0.1) is 5.92 Å². The number of amidine groups is 1. The number of nitrogens with zero attached hydrogens (tertiary/aromatic N) is 7. The minimum atomic E-state index is -0.429. The molecule has 3 rings (SSSR count). The highest BCUT2D eigenvalue weighted by molar-refractivity contribution is 6.04. The fourth-order valence-electron chi connectivity index (χ4n) is 3.95. The average molecular weight is 517 g/mol. The van der Waals surface area contributed by atoms with Crippen LogP contribution in [-0.4, -0.2) is 112 Å². The van der Waals surface area contributed by atoms with Crippen molar-refractivity contribution in [2.75, 3.05) is 78.8 Å². The molecule has 1 aromatic heterocycles. The van der Waals surface area contributed by atoms with Crippen LogP contribution in [0.4, 0.5) is 11.9 Å². The van der Waals surface area contributed by atoms with E-state index in [4.69, 9.17) is 29.7 Å². The Balaban J connectivity index is 1.93. The smallest absolute Gasteiger partial charge is 0.256 e. The predicted octanol–water partition coefficient (Wildman–Crippen LogP) is 1.36. The number of rotatable bonds is 12. The molecule has 1 aliphatic heterocycles. The maximum Gasteiger partial charge on any atom is 0.256 e. The first-order valence-electron chi connectivity index (χ1n) is 12.7. The second-order valence-electron chi connectivity index (χ2n) is 8.81. The molecule has 2 atom stereocenters. The fourth-order valence-corrected chi connectivity index (χ4v) is 3.95. The molecule has 1 aromatic rings. The summed E-state index contributed by atoms with van der Waals surface area (Å²) in [5.41, 5.74) is 6.56. The van der Waals surface area contributed by atoms with Gasteiger partial charge in [-0.25, -0.2) is 4.99 Å². The molecule has 2 heterocycles. The number of hydrogen-bond donors (Lipinski definition) is 1. The van der Waals surface area contributed by atoms with Crippen molar-refractivity contribution in [3.8, 4) is 0 Å². The Morgan fingerprint density at radius 2 is 1.78 bits per heavy atom. The molecule has 0 spiro atoms. The zero-order valence-corrected chi connectivity index (χ0v) is 22.6. The second-order valence-corrected chi connectivity index (χ2v) is 8.81. The van der Waals surface area contributed by atoms with Gasteiger partial charge in [-0.05, 0) is 19.2 Å². The van der Waals surface area contributed by atoms with Gasteiger partial charge < -0.3 is 34.5 Å². The lowest BCUT2D eigenvalue weighted by molar-refractivity contribution is 0.0146. The third-order valence-corrected chi connectivity index (χ3v) is 6.08. The molecule has 2 aliphatic rings. The van der Waals surface area contributed by atoms with Gasteiger partial charge >= 0.3 is 0 Å². The Hall–Kier alpha value is -2.93. The summed E-state index contributed by atoms with van der Waals surface area (Å²) in [5, 5.41) is 0. The highest BCUT2D eigenvalue weighted by atomic mass is 16.6. The van der Waals surface area contributed by atoms with E-state index in [1.54, 1.807) is 14.2 Å². The van der Waals surface area contributed by atoms with Crippen LogP contribution in [0.25, 0.3) is 0 Å². The number of piperazine rings is 1. The van der Waals surface area contributed by atoms with E-state index >= 15 is 0 Å². The van der Waals surface area contributed by atoms with Gasteiger partial charge in [0.05, 0.1) is 26.2 Å². The molecule has 2 N–H and O–H groups in total. The predicted molar refractivity (Wildman–Crippen MR) is 143 cm³/mol. The van der Waals surface area contributed by atoms with Crippen LogP contribution in [0.2, 0.25) is 0 Å². The summed E-state index contributed by atoms with van der Waals surface area (Å²) >= 11 is 0. The van der Waals surface area contributed by atoms with Gasteiger partial charge in [0, 0.05) is 58.3 Å². The van der Waals surface area contributed by atoms with Gasteiger partial charge in [-0.3, -0.25) is 0 Å². The van der Waals surface area contributed by atoms with Crippen molar-refractivity contribution in [3.63, 3.8) is 0 Å². The van der Waals surface area contributed by atoms with Gasteiger partial charge in [-0.2, -0.15) is 19.9 Å². The van der Waals surface area contributed by atoms with Gasteiger partial charge in [0.2, 0.25) is 5.95 Å². The van der Waals surface area contributed by atoms with Crippen LogP contribution < -0.4 is 10.6 Å². The lowest BCUT2D eigenvalue weighted by atomic mass is 9.91. The van der Waals surface area contributed by atoms with Crippen LogP contribution in [0.5, 0.6) is 0 Å². The molecular weight excluding hydrogens is 476 g/mol. The number of allylic oxidation sites excluding steroid dienone is 1. The second kappa shape index (κ2) is 14.7. The standard InChI is InChI=1S/C25H40N8O4/c1-6-22-28-24(31-25(29-22)33-9-7-32(3)8-10-33)30-23(27-17-26)19-16-21(37-14-12-35-5)20(15-18(19)2)36-13-11-34-4/h15-18,21H,6-14H2,1-5H3,(H2,26,27,28,29,30,31). The molecule has 1 saturated heterocycles. The number of aliphatic imine (C=N–C) groups is 2. The summed E-state index contributed by atoms with van der Waals surface area (Å²) < 4.78 is 22.3. The number of methoxy groups -OCH3 is 2. The Morgan fingerprint density at radius 1 is 1.05 bits per heavy atom. The Labute approximate surface area is 219 Å². The van der Waals surface area contributed by atoms with E-state index in [0.29, 0.717) is 62.2 Å². The van der Waals surface area contributed by atoms with Crippen molar-refractivity contribution in [3.05, 3.63) is 29.3 Å². The summed E-state index contributed by atoms with van der Waals surface area (Å²) in [6.45, 7) is 9.41. The van der Waals surface area contributed by atoms with E-state index in [0.717, 1.165) is 31.8 Å². The Kier molecular flexibility index (Phi) is 11.4. The van der Waals surface area contributed by atoms with Crippen LogP contribution in [-0.2, 0) is 25.4 Å². The molecule has 204 valence electrons. The lowest BCUT2D eigenvalue weighted by Gasteiger charge is -2.32. The molecule has 1 fully saturated rings. The SMILES string of the molecule is CCc1nc(N=C(N=CN)C2=CC(OCCOC)C(OCCOC)=CC2C)nc(N2CCN(C)CC2)n1. The topological polar surface area (TPSA) is 133 Å². The molecule has 1 aliphatic carbocycles. The van der Waals surface area contributed by atoms with Crippen molar-refractivity contribution in [2.24, 2.45) is 21.6 Å². The molecule has 0 radical (unpaired) electrons. The van der Waals surface area contributed by atoms with Crippen molar-refractivity contribution in [2.45, 2.75) is 26.4 Å². The monoisotopic (exact) mass is 516 g/mol. The third-order valence-electron chi connectivity index (χ3n) is 6.08. The molecule has 0 saturated carbocycles. The number of nitrogens with two attached hydrogens (primary N) is 1. The highest BCUT2D eigenvalue weighted by Crippen LogP contribution is 2.29. The normalized spacial score (nSPS) is 21.3. The zero-order chi connectivity index (χ0) is 26.6. The summed E-state index contributed by atoms with van der Waals surface area (Å²) in [6.07, 6.45) is 5.43. The average Bonchev–Trinajstić information content (AvgIpc) is 2.90.